The summed E-state index contributed by atoms with van der Waals surface area (Å²) >= 11 is 0. The van der Waals surface area contributed by atoms with Crippen LogP contribution in [0.15, 0.2) is 12.4 Å². The third-order valence-corrected chi connectivity index (χ3v) is 6.45. The first-order chi connectivity index (χ1) is 12.2. The van der Waals surface area contributed by atoms with Crippen molar-refractivity contribution in [3.63, 3.8) is 0 Å². The van der Waals surface area contributed by atoms with E-state index in [-0.39, 0.29) is 18.1 Å². The summed E-state index contributed by atoms with van der Waals surface area (Å²) in [6.07, 6.45) is 8.54. The first-order valence-corrected chi connectivity index (χ1v) is 9.68. The van der Waals surface area contributed by atoms with Crippen molar-refractivity contribution in [2.75, 3.05) is 26.4 Å². The number of amides is 1. The van der Waals surface area contributed by atoms with Crippen molar-refractivity contribution in [2.45, 2.75) is 37.8 Å². The second-order valence-electron chi connectivity index (χ2n) is 8.32. The second kappa shape index (κ2) is 6.09. The molecule has 1 aromatic rings. The minimum absolute atomic E-state index is 0.151. The van der Waals surface area contributed by atoms with Gasteiger partial charge in [0.1, 0.15) is 0 Å². The average molecular weight is 345 g/mol. The summed E-state index contributed by atoms with van der Waals surface area (Å²) in [5.74, 6) is 2.23. The van der Waals surface area contributed by atoms with E-state index in [2.05, 4.69) is 16.2 Å². The van der Waals surface area contributed by atoms with Gasteiger partial charge in [-0.1, -0.05) is 0 Å². The molecule has 5 atom stereocenters. The summed E-state index contributed by atoms with van der Waals surface area (Å²) in [6, 6.07) is 0.151. The van der Waals surface area contributed by atoms with E-state index in [9.17, 15) is 4.79 Å². The predicted molar refractivity (Wildman–Crippen MR) is 90.8 cm³/mol. The van der Waals surface area contributed by atoms with E-state index in [0.29, 0.717) is 17.7 Å². The number of aryl methyl sites for hydroxylation is 1. The van der Waals surface area contributed by atoms with Crippen molar-refractivity contribution in [2.24, 2.45) is 30.7 Å². The Hall–Kier alpha value is -1.40. The number of carbonyl (C=O) groups excluding carboxylic acids is 1. The number of ether oxygens (including phenoxy) is 2. The molecule has 2 saturated carbocycles. The molecule has 25 heavy (non-hydrogen) atoms. The molecule has 136 valence electrons. The van der Waals surface area contributed by atoms with Crippen molar-refractivity contribution in [1.82, 2.24) is 14.7 Å². The number of rotatable bonds is 6. The summed E-state index contributed by atoms with van der Waals surface area (Å²) < 4.78 is 13.5. The lowest BCUT2D eigenvalue weighted by molar-refractivity contribution is -0.136. The summed E-state index contributed by atoms with van der Waals surface area (Å²) in [6.45, 7) is 3.22. The second-order valence-corrected chi connectivity index (χ2v) is 8.32. The Labute approximate surface area is 148 Å². The van der Waals surface area contributed by atoms with Gasteiger partial charge in [-0.25, -0.2) is 0 Å². The highest BCUT2D eigenvalue weighted by Gasteiger charge is 2.60. The monoisotopic (exact) mass is 345 g/mol. The summed E-state index contributed by atoms with van der Waals surface area (Å²) in [5, 5.41) is 4.29. The SMILES string of the molecule is Cn1cc(C[C@H]2[C@@H](OCC3CC3)CCN2C(=O)C2[C@H]3COC[C@@H]23)cn1. The molecular formula is C19H27N3O3. The largest absolute Gasteiger partial charge is 0.381 e. The molecule has 1 unspecified atom stereocenters. The van der Waals surface area contributed by atoms with Crippen LogP contribution in [-0.2, 0) is 27.7 Å². The van der Waals surface area contributed by atoms with Crippen LogP contribution in [0.4, 0.5) is 0 Å². The lowest BCUT2D eigenvalue weighted by Crippen LogP contribution is -2.43. The van der Waals surface area contributed by atoms with Gasteiger partial charge in [0, 0.05) is 32.3 Å². The summed E-state index contributed by atoms with van der Waals surface area (Å²) in [5.41, 5.74) is 1.19. The van der Waals surface area contributed by atoms with E-state index < -0.39 is 0 Å². The van der Waals surface area contributed by atoms with Gasteiger partial charge >= 0.3 is 0 Å². The molecule has 2 aliphatic heterocycles. The molecule has 1 aromatic heterocycles. The zero-order valence-corrected chi connectivity index (χ0v) is 14.8. The number of nitrogens with zero attached hydrogens (tertiary/aromatic N) is 3. The van der Waals surface area contributed by atoms with Crippen molar-refractivity contribution in [1.29, 1.82) is 0 Å². The van der Waals surface area contributed by atoms with E-state index in [4.69, 9.17) is 9.47 Å². The maximum Gasteiger partial charge on any atom is 0.226 e. The van der Waals surface area contributed by atoms with Crippen molar-refractivity contribution >= 4 is 5.91 Å². The van der Waals surface area contributed by atoms with Crippen molar-refractivity contribution < 1.29 is 14.3 Å². The maximum atomic E-state index is 13.1. The van der Waals surface area contributed by atoms with E-state index >= 15 is 0 Å². The number of hydrogen-bond donors (Lipinski definition) is 0. The van der Waals surface area contributed by atoms with Gasteiger partial charge in [0.05, 0.1) is 31.6 Å². The highest BCUT2D eigenvalue weighted by Crippen LogP contribution is 2.52. The Morgan fingerprint density at radius 2 is 2.12 bits per heavy atom. The van der Waals surface area contributed by atoms with Crippen LogP contribution in [0.5, 0.6) is 0 Å². The number of hydrogen-bond acceptors (Lipinski definition) is 4. The fourth-order valence-electron chi connectivity index (χ4n) is 4.70. The van der Waals surface area contributed by atoms with Crippen molar-refractivity contribution in [3.05, 3.63) is 18.0 Å². The van der Waals surface area contributed by atoms with Gasteiger partial charge < -0.3 is 14.4 Å². The molecule has 2 aliphatic carbocycles. The van der Waals surface area contributed by atoms with Gasteiger partial charge in [-0.15, -0.1) is 0 Å². The standard InChI is InChI=1S/C19H27N3O3/c1-21-8-13(7-20-21)6-16-17(25-9-12-2-3-12)4-5-22(16)19(23)18-14-10-24-11-15(14)18/h7-8,12,14-18H,2-6,9-11H2,1H3/t14-,15+,16-,17-,18?/m0/s1. The predicted octanol–water partition coefficient (Wildman–Crippen LogP) is 1.25. The number of likely N-dealkylation sites (tertiary alicyclic amines) is 1. The van der Waals surface area contributed by atoms with Crippen LogP contribution >= 0.6 is 0 Å². The average Bonchev–Trinajstić information content (AvgIpc) is 3.39. The first kappa shape index (κ1) is 15.8. The zero-order valence-electron chi connectivity index (χ0n) is 14.8. The molecule has 2 saturated heterocycles. The summed E-state index contributed by atoms with van der Waals surface area (Å²) in [7, 11) is 1.94. The Morgan fingerprint density at radius 1 is 1.32 bits per heavy atom. The van der Waals surface area contributed by atoms with Gasteiger partial charge in [-0.05, 0) is 49.0 Å². The van der Waals surface area contributed by atoms with E-state index in [0.717, 1.165) is 45.1 Å². The zero-order chi connectivity index (χ0) is 17.0. The van der Waals surface area contributed by atoms with E-state index in [1.54, 1.807) is 0 Å². The van der Waals surface area contributed by atoms with E-state index in [1.165, 1.54) is 18.4 Å². The molecule has 0 aromatic carbocycles. The molecule has 0 N–H and O–H groups in total. The minimum atomic E-state index is 0.151. The minimum Gasteiger partial charge on any atom is -0.381 e. The topological polar surface area (TPSA) is 56.6 Å². The molecule has 4 fully saturated rings. The molecule has 6 nitrogen and oxygen atoms in total. The normalized spacial score (nSPS) is 36.7. The third-order valence-electron chi connectivity index (χ3n) is 6.45. The molecular weight excluding hydrogens is 318 g/mol. The molecule has 1 amide bonds. The smallest absolute Gasteiger partial charge is 0.226 e. The number of carbonyl (C=O) groups is 1. The van der Waals surface area contributed by atoms with Crippen LogP contribution in [0.3, 0.4) is 0 Å². The maximum absolute atomic E-state index is 13.1. The van der Waals surface area contributed by atoms with Crippen LogP contribution in [0.1, 0.15) is 24.8 Å². The molecule has 6 heteroatoms. The van der Waals surface area contributed by atoms with Crippen LogP contribution in [0, 0.1) is 23.7 Å². The molecule has 0 bridgehead atoms. The van der Waals surface area contributed by atoms with Crippen molar-refractivity contribution in [3.8, 4) is 0 Å². The fraction of sp³-hybridized carbons (Fsp3) is 0.789. The Kier molecular flexibility index (Phi) is 3.86. The lowest BCUT2D eigenvalue weighted by atomic mass is 10.0. The van der Waals surface area contributed by atoms with Gasteiger partial charge in [0.25, 0.3) is 0 Å². The third kappa shape index (κ3) is 2.99. The Bertz CT molecular complexity index is 646. The Balaban J connectivity index is 1.30. The molecule has 3 heterocycles. The number of fused-ring (bicyclic) bond motifs is 1. The first-order valence-electron chi connectivity index (χ1n) is 9.68. The lowest BCUT2D eigenvalue weighted by Gasteiger charge is -2.29. The summed E-state index contributed by atoms with van der Waals surface area (Å²) in [4.78, 5) is 15.2. The number of aromatic nitrogens is 2. The molecule has 0 radical (unpaired) electrons. The van der Waals surface area contributed by atoms with Crippen LogP contribution in [0.2, 0.25) is 0 Å². The molecule has 4 aliphatic rings. The van der Waals surface area contributed by atoms with Gasteiger partial charge in [-0.3, -0.25) is 9.48 Å². The molecule has 5 rings (SSSR count). The van der Waals surface area contributed by atoms with Gasteiger partial charge in [0.2, 0.25) is 5.91 Å². The Morgan fingerprint density at radius 3 is 2.80 bits per heavy atom. The fourth-order valence-corrected chi connectivity index (χ4v) is 4.70. The van der Waals surface area contributed by atoms with Gasteiger partial charge in [0.15, 0.2) is 0 Å². The van der Waals surface area contributed by atoms with E-state index in [1.807, 2.05) is 17.9 Å². The van der Waals surface area contributed by atoms with Crippen LogP contribution in [-0.4, -0.2) is 59.1 Å². The molecule has 0 spiro atoms. The highest BCUT2D eigenvalue weighted by atomic mass is 16.5. The van der Waals surface area contributed by atoms with Crippen LogP contribution < -0.4 is 0 Å². The van der Waals surface area contributed by atoms with Gasteiger partial charge in [-0.2, -0.15) is 5.10 Å². The quantitative estimate of drug-likeness (QED) is 0.779. The van der Waals surface area contributed by atoms with Crippen LogP contribution in [0.25, 0.3) is 0 Å². The highest BCUT2D eigenvalue weighted by molar-refractivity contribution is 5.83.